The van der Waals surface area contributed by atoms with Crippen molar-refractivity contribution in [3.05, 3.63) is 71.0 Å². The number of nitrogens with zero attached hydrogens (tertiary/aromatic N) is 1. The van der Waals surface area contributed by atoms with Crippen LogP contribution in [-0.4, -0.2) is 30.3 Å². The van der Waals surface area contributed by atoms with E-state index >= 15 is 0 Å². The number of aromatic nitrogens is 1. The van der Waals surface area contributed by atoms with E-state index in [-0.39, 0.29) is 27.8 Å². The Labute approximate surface area is 205 Å². The number of benzene rings is 2. The van der Waals surface area contributed by atoms with E-state index in [9.17, 15) is 27.2 Å². The highest BCUT2D eigenvalue weighted by atomic mass is 35.5. The predicted octanol–water partition coefficient (Wildman–Crippen LogP) is 5.54. The minimum Gasteiger partial charge on any atom is -0.456 e. The molecule has 0 fully saturated rings. The van der Waals surface area contributed by atoms with Gasteiger partial charge in [0, 0.05) is 30.7 Å². The maximum atomic E-state index is 13.9. The number of halogens is 5. The molecule has 188 valence electrons. The van der Waals surface area contributed by atoms with E-state index in [0.29, 0.717) is 5.75 Å². The summed E-state index contributed by atoms with van der Waals surface area (Å²) in [6.45, 7) is 0. The molecule has 0 spiro atoms. The molecule has 14 heteroatoms. The predicted molar refractivity (Wildman–Crippen MR) is 119 cm³/mol. The van der Waals surface area contributed by atoms with E-state index < -0.39 is 35.7 Å². The highest BCUT2D eigenvalue weighted by Crippen LogP contribution is 2.46. The van der Waals surface area contributed by atoms with Crippen molar-refractivity contribution < 1.29 is 41.4 Å². The summed E-state index contributed by atoms with van der Waals surface area (Å²) in [5, 5.41) is 7.29. The number of anilines is 2. The molecule has 0 saturated heterocycles. The molecule has 1 aliphatic rings. The molecule has 9 nitrogen and oxygen atoms in total. The van der Waals surface area contributed by atoms with Crippen LogP contribution < -0.4 is 25.4 Å². The van der Waals surface area contributed by atoms with Crippen molar-refractivity contribution in [2.45, 2.75) is 12.4 Å². The van der Waals surface area contributed by atoms with Crippen LogP contribution >= 0.6 is 11.6 Å². The van der Waals surface area contributed by atoms with E-state index in [1.54, 1.807) is 0 Å². The largest absolute Gasteiger partial charge is 0.540 e. The van der Waals surface area contributed by atoms with Crippen LogP contribution in [0.3, 0.4) is 0 Å². The number of ether oxygens (including phenoxy) is 3. The zero-order valence-corrected chi connectivity index (χ0v) is 18.8. The van der Waals surface area contributed by atoms with E-state index in [1.165, 1.54) is 43.6 Å². The summed E-state index contributed by atoms with van der Waals surface area (Å²) in [6.07, 6.45) is -7.46. The Morgan fingerprint density at radius 1 is 1.00 bits per heavy atom. The summed E-state index contributed by atoms with van der Waals surface area (Å²) in [4.78, 5) is 28.0. The fourth-order valence-electron chi connectivity index (χ4n) is 3.09. The third-order valence-electron chi connectivity index (χ3n) is 4.64. The first-order chi connectivity index (χ1) is 17.0. The molecule has 1 aliphatic heterocycles. The van der Waals surface area contributed by atoms with Crippen molar-refractivity contribution in [2.24, 2.45) is 0 Å². The van der Waals surface area contributed by atoms with Gasteiger partial charge in [-0.3, -0.25) is 9.78 Å². The lowest BCUT2D eigenvalue weighted by Gasteiger charge is -2.30. The van der Waals surface area contributed by atoms with Gasteiger partial charge in [0.15, 0.2) is 0 Å². The number of amides is 3. The second-order valence-corrected chi connectivity index (χ2v) is 7.58. The van der Waals surface area contributed by atoms with Crippen LogP contribution in [0.4, 0.5) is 33.7 Å². The van der Waals surface area contributed by atoms with Gasteiger partial charge in [-0.2, -0.15) is 8.78 Å². The molecule has 3 amide bonds. The highest BCUT2D eigenvalue weighted by Gasteiger charge is 2.54. The minimum atomic E-state index is -4.50. The molecule has 0 saturated carbocycles. The summed E-state index contributed by atoms with van der Waals surface area (Å²) < 4.78 is 67.2. The molecule has 0 atom stereocenters. The topological polar surface area (TPSA) is 111 Å². The maximum absolute atomic E-state index is 13.9. The van der Waals surface area contributed by atoms with Crippen molar-refractivity contribution >= 4 is 34.9 Å². The maximum Gasteiger partial charge on any atom is 0.540 e. The first kappa shape index (κ1) is 25.0. The molecule has 2 heterocycles. The molecule has 0 radical (unpaired) electrons. The van der Waals surface area contributed by atoms with Gasteiger partial charge in [0.1, 0.15) is 22.9 Å². The van der Waals surface area contributed by atoms with Crippen LogP contribution in [0.25, 0.3) is 0 Å². The van der Waals surface area contributed by atoms with Crippen molar-refractivity contribution in [3.8, 4) is 17.2 Å². The van der Waals surface area contributed by atoms with Gasteiger partial charge in [-0.15, -0.1) is 8.78 Å². The Morgan fingerprint density at radius 3 is 2.39 bits per heavy atom. The number of urea groups is 1. The van der Waals surface area contributed by atoms with Crippen molar-refractivity contribution in [1.82, 2.24) is 10.3 Å². The van der Waals surface area contributed by atoms with Crippen LogP contribution in [0.5, 0.6) is 17.2 Å². The standard InChI is InChI=1S/C22H15ClF4N4O5/c1-28-19(32)16-10-13(6-7-29-16)34-18-5-3-12(9-15(18)23)31-20(33)30-11-2-4-17-14(8-11)21(24,25)36-22(26,27)35-17/h2-10H,1H3,(H,28,32)(H2,30,31,33). The van der Waals surface area contributed by atoms with Crippen LogP contribution in [0.1, 0.15) is 16.1 Å². The lowest BCUT2D eigenvalue weighted by atomic mass is 10.1. The Balaban J connectivity index is 1.43. The molecular weight excluding hydrogens is 512 g/mol. The van der Waals surface area contributed by atoms with Gasteiger partial charge < -0.3 is 25.4 Å². The lowest BCUT2D eigenvalue weighted by Crippen LogP contribution is -2.41. The summed E-state index contributed by atoms with van der Waals surface area (Å²) in [5.74, 6) is -0.691. The van der Waals surface area contributed by atoms with Gasteiger partial charge >= 0.3 is 18.4 Å². The molecule has 1 aromatic heterocycles. The van der Waals surface area contributed by atoms with Gasteiger partial charge in [0.2, 0.25) is 0 Å². The highest BCUT2D eigenvalue weighted by molar-refractivity contribution is 6.32. The number of alkyl halides is 4. The summed E-state index contributed by atoms with van der Waals surface area (Å²) in [7, 11) is 1.46. The monoisotopic (exact) mass is 526 g/mol. The fraction of sp³-hybridized carbons (Fsp3) is 0.136. The molecule has 0 bridgehead atoms. The number of carbonyl (C=O) groups excluding carboxylic acids is 2. The van der Waals surface area contributed by atoms with Crippen molar-refractivity contribution in [2.75, 3.05) is 17.7 Å². The van der Waals surface area contributed by atoms with E-state index in [0.717, 1.165) is 18.2 Å². The zero-order chi connectivity index (χ0) is 26.1. The molecule has 36 heavy (non-hydrogen) atoms. The Hall–Kier alpha value is -4.10. The van der Waals surface area contributed by atoms with Gasteiger partial charge in [-0.1, -0.05) is 11.6 Å². The van der Waals surface area contributed by atoms with Gasteiger partial charge in [-0.05, 0) is 42.5 Å². The Morgan fingerprint density at radius 2 is 1.69 bits per heavy atom. The molecule has 4 rings (SSSR count). The quantitative estimate of drug-likeness (QED) is 0.377. The third-order valence-corrected chi connectivity index (χ3v) is 4.93. The molecular formula is C22H15ClF4N4O5. The Kier molecular flexibility index (Phi) is 6.61. The molecule has 3 aromatic rings. The van der Waals surface area contributed by atoms with Crippen LogP contribution in [-0.2, 0) is 10.8 Å². The number of fused-ring (bicyclic) bond motifs is 1. The number of rotatable bonds is 5. The van der Waals surface area contributed by atoms with E-state index in [2.05, 4.69) is 30.4 Å². The van der Waals surface area contributed by atoms with Crippen LogP contribution in [0.15, 0.2) is 54.7 Å². The SMILES string of the molecule is CNC(=O)c1cc(Oc2ccc(NC(=O)Nc3ccc4c(c3)C(F)(F)OC(F)(F)O4)cc2Cl)ccn1. The Bertz CT molecular complexity index is 1340. The van der Waals surface area contributed by atoms with E-state index in [4.69, 9.17) is 16.3 Å². The minimum absolute atomic E-state index is 0.106. The first-order valence-corrected chi connectivity index (χ1v) is 10.4. The summed E-state index contributed by atoms with van der Waals surface area (Å²) in [5.41, 5.74) is -0.765. The summed E-state index contributed by atoms with van der Waals surface area (Å²) in [6, 6.07) is 9.05. The number of hydrogen-bond acceptors (Lipinski definition) is 6. The first-order valence-electron chi connectivity index (χ1n) is 9.99. The zero-order valence-electron chi connectivity index (χ0n) is 18.1. The fourth-order valence-corrected chi connectivity index (χ4v) is 3.31. The average Bonchev–Trinajstić information content (AvgIpc) is 2.80. The van der Waals surface area contributed by atoms with Crippen LogP contribution in [0.2, 0.25) is 5.02 Å². The number of nitrogens with one attached hydrogen (secondary N) is 3. The lowest BCUT2D eigenvalue weighted by molar-refractivity contribution is -0.461. The van der Waals surface area contributed by atoms with Gasteiger partial charge in [0.05, 0.1) is 10.6 Å². The normalized spacial score (nSPS) is 15.2. The van der Waals surface area contributed by atoms with E-state index in [1.807, 2.05) is 0 Å². The molecule has 0 unspecified atom stereocenters. The number of hydrogen-bond donors (Lipinski definition) is 3. The smallest absolute Gasteiger partial charge is 0.456 e. The van der Waals surface area contributed by atoms with Crippen molar-refractivity contribution in [1.29, 1.82) is 0 Å². The third kappa shape index (κ3) is 5.58. The van der Waals surface area contributed by atoms with Crippen LogP contribution in [0, 0.1) is 0 Å². The second-order valence-electron chi connectivity index (χ2n) is 7.18. The summed E-state index contributed by atoms with van der Waals surface area (Å²) >= 11 is 6.22. The van der Waals surface area contributed by atoms with Gasteiger partial charge in [-0.25, -0.2) is 9.53 Å². The van der Waals surface area contributed by atoms with Crippen molar-refractivity contribution in [3.63, 3.8) is 0 Å². The molecule has 3 N–H and O–H groups in total. The average molecular weight is 527 g/mol. The number of carbonyl (C=O) groups is 2. The molecule has 2 aromatic carbocycles. The number of pyridine rings is 1. The second kappa shape index (κ2) is 9.51. The molecule has 0 aliphatic carbocycles. The van der Waals surface area contributed by atoms with Gasteiger partial charge in [0.25, 0.3) is 5.91 Å².